The second-order valence-corrected chi connectivity index (χ2v) is 11.0. The molecule has 0 unspecified atom stereocenters. The fourth-order valence-corrected chi connectivity index (χ4v) is 4.78. The van der Waals surface area contributed by atoms with E-state index in [0.29, 0.717) is 0 Å². The molecule has 170 valence electrons. The fourth-order valence-electron chi connectivity index (χ4n) is 2.97. The number of nitrogens with zero attached hydrogens (tertiary/aromatic N) is 1. The molecule has 0 saturated heterocycles. The monoisotopic (exact) mass is 481 g/mol. The second-order valence-electron chi connectivity index (χ2n) is 7.80. The summed E-state index contributed by atoms with van der Waals surface area (Å²) in [5.41, 5.74) is 3.97. The van der Waals surface area contributed by atoms with Crippen molar-refractivity contribution in [2.24, 2.45) is 5.73 Å². The fraction of sp³-hybridized carbons (Fsp3) is 0.238. The molecule has 0 aliphatic carbocycles. The van der Waals surface area contributed by atoms with Crippen molar-refractivity contribution < 1.29 is 27.1 Å². The van der Waals surface area contributed by atoms with Gasteiger partial charge in [0.05, 0.1) is 28.2 Å². The zero-order valence-electron chi connectivity index (χ0n) is 17.4. The van der Waals surface area contributed by atoms with E-state index in [9.17, 15) is 27.1 Å². The summed E-state index contributed by atoms with van der Waals surface area (Å²) in [4.78, 5) is 16.2. The van der Waals surface area contributed by atoms with E-state index in [0.717, 1.165) is 29.7 Å². The summed E-state index contributed by atoms with van der Waals surface area (Å²) in [5.74, 6) is -2.67. The number of carbonyl (C=O) groups is 1. The first kappa shape index (κ1) is 23.8. The summed E-state index contributed by atoms with van der Waals surface area (Å²) >= 11 is 0.884. The van der Waals surface area contributed by atoms with Crippen LogP contribution in [0.25, 0.3) is 10.4 Å². The van der Waals surface area contributed by atoms with Crippen molar-refractivity contribution in [1.82, 2.24) is 4.98 Å². The molecule has 11 heteroatoms. The summed E-state index contributed by atoms with van der Waals surface area (Å²) in [5, 5.41) is 13.1. The van der Waals surface area contributed by atoms with Gasteiger partial charge >= 0.3 is 0 Å². The average molecular weight is 482 g/mol. The quantitative estimate of drug-likeness (QED) is 0.473. The first-order valence-corrected chi connectivity index (χ1v) is 12.2. The number of amides is 1. The van der Waals surface area contributed by atoms with Crippen LogP contribution < -0.4 is 11.1 Å². The molecule has 0 aliphatic rings. The number of rotatable bonds is 7. The van der Waals surface area contributed by atoms with Gasteiger partial charge < -0.3 is 16.2 Å². The number of anilines is 2. The second kappa shape index (κ2) is 8.57. The Balaban J connectivity index is 2.03. The van der Waals surface area contributed by atoms with Crippen LogP contribution in [0, 0.1) is 11.6 Å². The number of sulfone groups is 1. The molecule has 0 fully saturated rings. The Bertz CT molecular complexity index is 1280. The minimum atomic E-state index is -3.31. The predicted molar refractivity (Wildman–Crippen MR) is 120 cm³/mol. The number of aliphatic hydroxyl groups is 1. The number of primary amides is 1. The number of nitrogens with two attached hydrogens (primary N) is 1. The van der Waals surface area contributed by atoms with E-state index in [1.165, 1.54) is 26.0 Å². The molecular weight excluding hydrogens is 460 g/mol. The highest BCUT2D eigenvalue weighted by atomic mass is 32.2. The highest BCUT2D eigenvalue weighted by Crippen LogP contribution is 2.40. The van der Waals surface area contributed by atoms with Crippen LogP contribution in [0.15, 0.2) is 36.4 Å². The Morgan fingerprint density at radius 3 is 2.38 bits per heavy atom. The normalized spacial score (nSPS) is 12.1. The van der Waals surface area contributed by atoms with Gasteiger partial charge in [0.1, 0.15) is 22.5 Å². The van der Waals surface area contributed by atoms with Crippen molar-refractivity contribution in [3.8, 4) is 10.4 Å². The van der Waals surface area contributed by atoms with E-state index in [4.69, 9.17) is 5.73 Å². The molecule has 2 heterocycles. The summed E-state index contributed by atoms with van der Waals surface area (Å²) in [7, 11) is -3.31. The highest BCUT2D eigenvalue weighted by molar-refractivity contribution is 7.89. The molecule has 0 spiro atoms. The highest BCUT2D eigenvalue weighted by Gasteiger charge is 2.24. The maximum Gasteiger partial charge on any atom is 0.251 e. The summed E-state index contributed by atoms with van der Waals surface area (Å²) < 4.78 is 52.5. The Hall–Kier alpha value is -2.89. The third kappa shape index (κ3) is 5.47. The van der Waals surface area contributed by atoms with Gasteiger partial charge in [0, 0.05) is 11.1 Å². The Labute approximate surface area is 187 Å². The van der Waals surface area contributed by atoms with Crippen LogP contribution in [-0.2, 0) is 21.2 Å². The molecule has 2 aromatic heterocycles. The third-order valence-electron chi connectivity index (χ3n) is 4.45. The smallest absolute Gasteiger partial charge is 0.251 e. The van der Waals surface area contributed by atoms with E-state index in [-0.39, 0.29) is 43.8 Å². The number of carbonyl (C=O) groups excluding carboxylic acids is 1. The van der Waals surface area contributed by atoms with E-state index in [1.807, 2.05) is 0 Å². The molecular formula is C21H21F2N3O4S2. The SMILES string of the molecule is CC(C)(O)c1cc(F)c(-c2cc(C(N)=O)c(Nc3cccc(CS(C)(=O)=O)n3)s2)c(F)c1. The van der Waals surface area contributed by atoms with Crippen molar-refractivity contribution in [3.63, 3.8) is 0 Å². The summed E-state index contributed by atoms with van der Waals surface area (Å²) in [6, 6.07) is 8.01. The number of pyridine rings is 1. The zero-order valence-corrected chi connectivity index (χ0v) is 19.1. The molecule has 32 heavy (non-hydrogen) atoms. The third-order valence-corrected chi connectivity index (χ3v) is 6.34. The van der Waals surface area contributed by atoms with Crippen molar-refractivity contribution >= 4 is 37.9 Å². The maximum atomic E-state index is 14.8. The van der Waals surface area contributed by atoms with Crippen molar-refractivity contribution in [3.05, 3.63) is 64.9 Å². The molecule has 1 aromatic carbocycles. The lowest BCUT2D eigenvalue weighted by Gasteiger charge is -2.18. The number of hydrogen-bond acceptors (Lipinski definition) is 7. The lowest BCUT2D eigenvalue weighted by molar-refractivity contribution is 0.0778. The van der Waals surface area contributed by atoms with Gasteiger partial charge in [-0.1, -0.05) is 6.07 Å². The molecule has 7 nitrogen and oxygen atoms in total. The van der Waals surface area contributed by atoms with Crippen molar-refractivity contribution in [2.45, 2.75) is 25.2 Å². The van der Waals surface area contributed by atoms with Gasteiger partial charge in [-0.3, -0.25) is 4.79 Å². The van der Waals surface area contributed by atoms with E-state index in [2.05, 4.69) is 10.3 Å². The molecule has 0 aliphatic heterocycles. The van der Waals surface area contributed by atoms with E-state index >= 15 is 0 Å². The van der Waals surface area contributed by atoms with Crippen LogP contribution in [0.1, 0.15) is 35.5 Å². The molecule has 0 radical (unpaired) electrons. The molecule has 3 rings (SSSR count). The van der Waals surface area contributed by atoms with Crippen LogP contribution in [0.2, 0.25) is 0 Å². The lowest BCUT2D eigenvalue weighted by atomic mass is 9.96. The van der Waals surface area contributed by atoms with Gasteiger partial charge in [-0.15, -0.1) is 11.3 Å². The standard InChI is InChI=1S/C21H21F2N3O4S2/c1-21(2,28)11-7-14(22)18(15(23)8-11)16-9-13(19(24)27)20(31-16)26-17-6-4-5-12(25-17)10-32(3,29)30/h4-9,28H,10H2,1-3H3,(H2,24,27)(H,25,26). The zero-order chi connectivity index (χ0) is 23.8. The van der Waals surface area contributed by atoms with Gasteiger partial charge in [-0.25, -0.2) is 22.2 Å². The molecule has 3 aromatic rings. The average Bonchev–Trinajstić information content (AvgIpc) is 3.02. The van der Waals surface area contributed by atoms with Crippen LogP contribution >= 0.6 is 11.3 Å². The Morgan fingerprint density at radius 2 is 1.84 bits per heavy atom. The largest absolute Gasteiger partial charge is 0.386 e. The van der Waals surface area contributed by atoms with Crippen molar-refractivity contribution in [1.29, 1.82) is 0 Å². The van der Waals surface area contributed by atoms with Gasteiger partial charge in [0.25, 0.3) is 5.91 Å². The number of aromatic nitrogens is 1. The van der Waals surface area contributed by atoms with E-state index < -0.39 is 33.0 Å². The minimum absolute atomic E-state index is 0.00863. The van der Waals surface area contributed by atoms with Gasteiger partial charge in [0.2, 0.25) is 0 Å². The Kier molecular flexibility index (Phi) is 6.36. The number of thiophene rings is 1. The topological polar surface area (TPSA) is 122 Å². The van der Waals surface area contributed by atoms with Crippen LogP contribution in [0.3, 0.4) is 0 Å². The summed E-state index contributed by atoms with van der Waals surface area (Å²) in [6.07, 6.45) is 1.08. The summed E-state index contributed by atoms with van der Waals surface area (Å²) in [6.45, 7) is 2.81. The molecule has 4 N–H and O–H groups in total. The van der Waals surface area contributed by atoms with Crippen LogP contribution in [0.5, 0.6) is 0 Å². The Morgan fingerprint density at radius 1 is 1.22 bits per heavy atom. The predicted octanol–water partition coefficient (Wildman–Crippen LogP) is 3.70. The van der Waals surface area contributed by atoms with Crippen LogP contribution in [-0.4, -0.2) is 30.7 Å². The van der Waals surface area contributed by atoms with Gasteiger partial charge in [-0.05, 0) is 49.7 Å². The number of halogens is 2. The molecule has 0 bridgehead atoms. The van der Waals surface area contributed by atoms with Gasteiger partial charge in [-0.2, -0.15) is 0 Å². The number of hydrogen-bond donors (Lipinski definition) is 3. The van der Waals surface area contributed by atoms with Crippen LogP contribution in [0.4, 0.5) is 19.6 Å². The number of nitrogens with one attached hydrogen (secondary N) is 1. The molecule has 0 atom stereocenters. The first-order chi connectivity index (χ1) is 14.7. The van der Waals surface area contributed by atoms with Gasteiger partial charge in [0.15, 0.2) is 9.84 Å². The van der Waals surface area contributed by atoms with E-state index in [1.54, 1.807) is 12.1 Å². The van der Waals surface area contributed by atoms with Crippen molar-refractivity contribution in [2.75, 3.05) is 11.6 Å². The molecule has 0 saturated carbocycles. The molecule has 1 amide bonds. The first-order valence-electron chi connectivity index (χ1n) is 9.31. The minimum Gasteiger partial charge on any atom is -0.386 e. The maximum absolute atomic E-state index is 14.8. The lowest BCUT2D eigenvalue weighted by Crippen LogP contribution is -2.16. The number of benzene rings is 1.